The van der Waals surface area contributed by atoms with E-state index in [4.69, 9.17) is 16.3 Å². The summed E-state index contributed by atoms with van der Waals surface area (Å²) in [6.07, 6.45) is -3.82. The number of rotatable bonds is 5. The van der Waals surface area contributed by atoms with Gasteiger partial charge in [0.2, 0.25) is 0 Å². The molecule has 4 nitrogen and oxygen atoms in total. The van der Waals surface area contributed by atoms with Crippen LogP contribution in [0.15, 0.2) is 36.7 Å². The number of nitrogens with one attached hydrogen (secondary N) is 2. The van der Waals surface area contributed by atoms with Crippen LogP contribution in [0.1, 0.15) is 6.42 Å². The second kappa shape index (κ2) is 6.79. The SMILES string of the molecule is Fc1cc(Oc2cc(NCCC(F)(F)F)c3nc[nH]c3c2)ccc1Cl. The molecular formula is C16H12ClF4N3O. The number of imidazole rings is 1. The third-order valence-corrected chi connectivity index (χ3v) is 3.65. The summed E-state index contributed by atoms with van der Waals surface area (Å²) in [6, 6.07) is 7.08. The number of ether oxygens (including phenoxy) is 1. The van der Waals surface area contributed by atoms with Gasteiger partial charge >= 0.3 is 6.18 Å². The predicted octanol–water partition coefficient (Wildman–Crippen LogP) is 5.51. The molecular weight excluding hydrogens is 362 g/mol. The maximum atomic E-state index is 13.5. The zero-order valence-electron chi connectivity index (χ0n) is 12.6. The van der Waals surface area contributed by atoms with E-state index in [0.29, 0.717) is 22.5 Å². The van der Waals surface area contributed by atoms with Gasteiger partial charge in [-0.15, -0.1) is 0 Å². The van der Waals surface area contributed by atoms with Crippen LogP contribution in [0.25, 0.3) is 11.0 Å². The summed E-state index contributed by atoms with van der Waals surface area (Å²) in [5, 5.41) is 2.66. The Morgan fingerprint density at radius 2 is 1.96 bits per heavy atom. The van der Waals surface area contributed by atoms with E-state index in [-0.39, 0.29) is 17.3 Å². The van der Waals surface area contributed by atoms with Crippen molar-refractivity contribution in [2.75, 3.05) is 11.9 Å². The van der Waals surface area contributed by atoms with E-state index in [1.165, 1.54) is 24.5 Å². The Hall–Kier alpha value is -2.48. The monoisotopic (exact) mass is 373 g/mol. The van der Waals surface area contributed by atoms with Crippen molar-refractivity contribution in [3.8, 4) is 11.5 Å². The van der Waals surface area contributed by atoms with Crippen molar-refractivity contribution in [1.29, 1.82) is 0 Å². The minimum absolute atomic E-state index is 0.0362. The molecule has 0 saturated heterocycles. The standard InChI is InChI=1S/C16H12ClF4N3O/c17-11-2-1-9(5-12(11)18)25-10-6-13(22-4-3-16(19,20)21)15-14(7-10)23-8-24-15/h1-2,5-8,22H,3-4H2,(H,23,24). The Morgan fingerprint density at radius 1 is 1.16 bits per heavy atom. The first-order chi connectivity index (χ1) is 11.8. The number of fused-ring (bicyclic) bond motifs is 1. The number of aromatic nitrogens is 2. The van der Waals surface area contributed by atoms with Crippen LogP contribution in [0, 0.1) is 5.82 Å². The molecule has 0 aliphatic heterocycles. The summed E-state index contributed by atoms with van der Waals surface area (Å²) >= 11 is 5.62. The highest BCUT2D eigenvalue weighted by Crippen LogP contribution is 2.32. The molecule has 0 bridgehead atoms. The summed E-state index contributed by atoms with van der Waals surface area (Å²) in [5.74, 6) is -0.111. The Bertz CT molecular complexity index is 895. The summed E-state index contributed by atoms with van der Waals surface area (Å²) in [5.41, 5.74) is 1.44. The molecule has 0 aliphatic rings. The van der Waals surface area contributed by atoms with E-state index in [1.54, 1.807) is 6.07 Å². The molecule has 0 saturated carbocycles. The molecule has 3 rings (SSSR count). The zero-order chi connectivity index (χ0) is 18.0. The highest BCUT2D eigenvalue weighted by molar-refractivity contribution is 6.30. The molecule has 0 fully saturated rings. The number of hydrogen-bond donors (Lipinski definition) is 2. The second-order valence-electron chi connectivity index (χ2n) is 5.24. The fourth-order valence-electron chi connectivity index (χ4n) is 2.23. The number of halogens is 5. The van der Waals surface area contributed by atoms with Crippen LogP contribution in [0.4, 0.5) is 23.2 Å². The lowest BCUT2D eigenvalue weighted by atomic mass is 10.2. The molecule has 2 aromatic carbocycles. The lowest BCUT2D eigenvalue weighted by molar-refractivity contribution is -0.131. The van der Waals surface area contributed by atoms with E-state index in [0.717, 1.165) is 6.07 Å². The van der Waals surface area contributed by atoms with Gasteiger partial charge in [0.1, 0.15) is 22.8 Å². The van der Waals surface area contributed by atoms with Crippen molar-refractivity contribution in [1.82, 2.24) is 9.97 Å². The summed E-state index contributed by atoms with van der Waals surface area (Å²) in [6.45, 7) is -0.301. The average Bonchev–Trinajstić information content (AvgIpc) is 2.98. The number of H-pyrrole nitrogens is 1. The number of nitrogens with zero attached hydrogens (tertiary/aromatic N) is 1. The predicted molar refractivity (Wildman–Crippen MR) is 86.7 cm³/mol. The minimum atomic E-state index is -4.26. The molecule has 3 aromatic rings. The second-order valence-corrected chi connectivity index (χ2v) is 5.65. The van der Waals surface area contributed by atoms with Crippen LogP contribution in [0.5, 0.6) is 11.5 Å². The number of anilines is 1. The Kier molecular flexibility index (Phi) is 4.71. The van der Waals surface area contributed by atoms with E-state index in [1.807, 2.05) is 0 Å². The van der Waals surface area contributed by atoms with Crippen molar-refractivity contribution in [3.63, 3.8) is 0 Å². The average molecular weight is 374 g/mol. The van der Waals surface area contributed by atoms with Gasteiger partial charge < -0.3 is 15.0 Å². The van der Waals surface area contributed by atoms with Gasteiger partial charge in [-0.1, -0.05) is 11.6 Å². The van der Waals surface area contributed by atoms with Crippen LogP contribution in [-0.4, -0.2) is 22.7 Å². The molecule has 0 aliphatic carbocycles. The number of benzene rings is 2. The quantitative estimate of drug-likeness (QED) is 0.579. The summed E-state index contributed by atoms with van der Waals surface area (Å²) in [7, 11) is 0. The normalized spacial score (nSPS) is 11.7. The lowest BCUT2D eigenvalue weighted by Crippen LogP contribution is -2.14. The molecule has 25 heavy (non-hydrogen) atoms. The van der Waals surface area contributed by atoms with E-state index in [9.17, 15) is 17.6 Å². The Labute approximate surface area is 144 Å². The largest absolute Gasteiger partial charge is 0.457 e. The van der Waals surface area contributed by atoms with Gasteiger partial charge in [-0.05, 0) is 12.1 Å². The first kappa shape index (κ1) is 17.3. The van der Waals surface area contributed by atoms with E-state index in [2.05, 4.69) is 15.3 Å². The Morgan fingerprint density at radius 3 is 2.68 bits per heavy atom. The molecule has 132 valence electrons. The molecule has 0 radical (unpaired) electrons. The lowest BCUT2D eigenvalue weighted by Gasteiger charge is -2.12. The third kappa shape index (κ3) is 4.33. The van der Waals surface area contributed by atoms with Gasteiger partial charge in [-0.2, -0.15) is 13.2 Å². The van der Waals surface area contributed by atoms with Crippen LogP contribution in [-0.2, 0) is 0 Å². The van der Waals surface area contributed by atoms with Gasteiger partial charge in [0.25, 0.3) is 0 Å². The first-order valence-corrected chi connectivity index (χ1v) is 7.60. The van der Waals surface area contributed by atoms with Crippen molar-refractivity contribution >= 4 is 28.3 Å². The zero-order valence-corrected chi connectivity index (χ0v) is 13.4. The van der Waals surface area contributed by atoms with Gasteiger partial charge in [0, 0.05) is 24.7 Å². The van der Waals surface area contributed by atoms with Crippen molar-refractivity contribution in [3.05, 3.63) is 47.5 Å². The molecule has 1 heterocycles. The summed E-state index contributed by atoms with van der Waals surface area (Å²) < 4.78 is 56.0. The number of alkyl halides is 3. The number of hydrogen-bond acceptors (Lipinski definition) is 3. The molecule has 1 aromatic heterocycles. The Balaban J connectivity index is 1.84. The van der Waals surface area contributed by atoms with Crippen molar-refractivity contribution in [2.24, 2.45) is 0 Å². The van der Waals surface area contributed by atoms with Crippen LogP contribution >= 0.6 is 11.6 Å². The molecule has 9 heteroatoms. The molecule has 0 spiro atoms. The van der Waals surface area contributed by atoms with E-state index < -0.39 is 18.4 Å². The summed E-state index contributed by atoms with van der Waals surface area (Å²) in [4.78, 5) is 6.94. The van der Waals surface area contributed by atoms with Crippen molar-refractivity contribution < 1.29 is 22.3 Å². The molecule has 0 atom stereocenters. The maximum absolute atomic E-state index is 13.5. The smallest absolute Gasteiger partial charge is 0.390 e. The van der Waals surface area contributed by atoms with Gasteiger partial charge in [0.05, 0.1) is 29.0 Å². The molecule has 0 amide bonds. The van der Waals surface area contributed by atoms with E-state index >= 15 is 0 Å². The fraction of sp³-hybridized carbons (Fsp3) is 0.188. The van der Waals surface area contributed by atoms with Crippen LogP contribution < -0.4 is 10.1 Å². The number of aromatic amines is 1. The van der Waals surface area contributed by atoms with Crippen molar-refractivity contribution in [2.45, 2.75) is 12.6 Å². The highest BCUT2D eigenvalue weighted by Gasteiger charge is 2.26. The van der Waals surface area contributed by atoms with Gasteiger partial charge in [0.15, 0.2) is 0 Å². The molecule has 0 unspecified atom stereocenters. The fourth-order valence-corrected chi connectivity index (χ4v) is 2.35. The third-order valence-electron chi connectivity index (χ3n) is 3.35. The first-order valence-electron chi connectivity index (χ1n) is 7.22. The molecule has 2 N–H and O–H groups in total. The van der Waals surface area contributed by atoms with Gasteiger partial charge in [-0.25, -0.2) is 9.37 Å². The van der Waals surface area contributed by atoms with Crippen LogP contribution in [0.3, 0.4) is 0 Å². The topological polar surface area (TPSA) is 49.9 Å². The van der Waals surface area contributed by atoms with Crippen LogP contribution in [0.2, 0.25) is 5.02 Å². The highest BCUT2D eigenvalue weighted by atomic mass is 35.5. The maximum Gasteiger partial charge on any atom is 0.390 e. The minimum Gasteiger partial charge on any atom is -0.457 e. The van der Waals surface area contributed by atoms with Gasteiger partial charge in [-0.3, -0.25) is 0 Å².